The summed E-state index contributed by atoms with van der Waals surface area (Å²) in [5, 5.41) is 4.20. The van der Waals surface area contributed by atoms with Gasteiger partial charge in [0.05, 0.1) is 23.9 Å². The number of benzene rings is 3. The zero-order valence-electron chi connectivity index (χ0n) is 16.6. The van der Waals surface area contributed by atoms with Gasteiger partial charge in [0.25, 0.3) is 5.91 Å². The van der Waals surface area contributed by atoms with Crippen LogP contribution in [0.4, 0.5) is 0 Å². The van der Waals surface area contributed by atoms with Gasteiger partial charge in [0, 0.05) is 0 Å². The van der Waals surface area contributed by atoms with Crippen LogP contribution in [0.5, 0.6) is 17.2 Å². The molecule has 0 bridgehead atoms. The number of halogens is 1. The van der Waals surface area contributed by atoms with Gasteiger partial charge >= 0.3 is 5.97 Å². The molecule has 0 aliphatic heterocycles. The van der Waals surface area contributed by atoms with Gasteiger partial charge in [0.1, 0.15) is 17.2 Å². The third kappa shape index (κ3) is 6.58. The normalized spacial score (nSPS) is 10.5. The lowest BCUT2D eigenvalue weighted by atomic mass is 10.2. The van der Waals surface area contributed by atoms with Crippen LogP contribution in [-0.2, 0) is 4.79 Å². The Balaban J connectivity index is 1.46. The molecular weight excluding hydrogens is 420 g/mol. The Morgan fingerprint density at radius 1 is 0.935 bits per heavy atom. The summed E-state index contributed by atoms with van der Waals surface area (Å²) in [4.78, 5) is 24.0. The molecule has 7 nitrogen and oxygen atoms in total. The molecule has 3 rings (SSSR count). The molecule has 31 heavy (non-hydrogen) atoms. The van der Waals surface area contributed by atoms with Gasteiger partial charge in [-0.3, -0.25) is 4.79 Å². The number of esters is 1. The second-order valence-electron chi connectivity index (χ2n) is 6.20. The Morgan fingerprint density at radius 2 is 1.58 bits per heavy atom. The zero-order chi connectivity index (χ0) is 22.1. The van der Waals surface area contributed by atoms with E-state index in [1.807, 2.05) is 0 Å². The molecule has 0 saturated carbocycles. The van der Waals surface area contributed by atoms with Gasteiger partial charge in [0.2, 0.25) is 0 Å². The average Bonchev–Trinajstić information content (AvgIpc) is 2.79. The zero-order valence-corrected chi connectivity index (χ0v) is 17.3. The maximum Gasteiger partial charge on any atom is 0.345 e. The quantitative estimate of drug-likeness (QED) is 0.248. The van der Waals surface area contributed by atoms with E-state index >= 15 is 0 Å². The van der Waals surface area contributed by atoms with Crippen molar-refractivity contribution < 1.29 is 23.8 Å². The maximum atomic E-state index is 12.2. The monoisotopic (exact) mass is 438 g/mol. The van der Waals surface area contributed by atoms with Crippen molar-refractivity contribution in [2.75, 3.05) is 13.7 Å². The number of carbonyl (C=O) groups is 2. The van der Waals surface area contributed by atoms with Crippen molar-refractivity contribution in [2.45, 2.75) is 0 Å². The molecular formula is C23H19ClN2O5. The highest BCUT2D eigenvalue weighted by atomic mass is 35.5. The molecule has 8 heteroatoms. The molecule has 1 N–H and O–H groups in total. The predicted octanol–water partition coefficient (Wildman–Crippen LogP) is 4.10. The van der Waals surface area contributed by atoms with E-state index in [9.17, 15) is 9.59 Å². The highest BCUT2D eigenvalue weighted by molar-refractivity contribution is 6.33. The van der Waals surface area contributed by atoms with Crippen molar-refractivity contribution in [3.63, 3.8) is 0 Å². The molecule has 0 spiro atoms. The summed E-state index contributed by atoms with van der Waals surface area (Å²) in [7, 11) is 1.57. The Bertz CT molecular complexity index is 1070. The number of hydrazone groups is 1. The average molecular weight is 439 g/mol. The molecule has 0 unspecified atom stereocenters. The molecule has 0 aliphatic rings. The lowest BCUT2D eigenvalue weighted by molar-refractivity contribution is -0.123. The van der Waals surface area contributed by atoms with Crippen LogP contribution in [-0.4, -0.2) is 31.8 Å². The molecule has 0 aliphatic carbocycles. The van der Waals surface area contributed by atoms with Gasteiger partial charge in [-0.15, -0.1) is 0 Å². The van der Waals surface area contributed by atoms with Crippen LogP contribution in [0, 0.1) is 0 Å². The van der Waals surface area contributed by atoms with Gasteiger partial charge in [-0.1, -0.05) is 23.7 Å². The Morgan fingerprint density at radius 3 is 2.26 bits per heavy atom. The first kappa shape index (κ1) is 21.9. The van der Waals surface area contributed by atoms with E-state index in [-0.39, 0.29) is 12.2 Å². The number of hydrogen-bond acceptors (Lipinski definition) is 6. The molecule has 0 radical (unpaired) electrons. The Kier molecular flexibility index (Phi) is 7.61. The van der Waals surface area contributed by atoms with Crippen molar-refractivity contribution in [2.24, 2.45) is 5.10 Å². The first-order valence-corrected chi connectivity index (χ1v) is 9.58. The summed E-state index contributed by atoms with van der Waals surface area (Å²) in [6.07, 6.45) is 1.46. The molecule has 0 atom stereocenters. The van der Waals surface area contributed by atoms with Crippen LogP contribution in [0.25, 0.3) is 0 Å². The van der Waals surface area contributed by atoms with E-state index in [1.54, 1.807) is 79.9 Å². The first-order valence-electron chi connectivity index (χ1n) is 9.20. The number of nitrogens with one attached hydrogen (secondary N) is 1. The standard InChI is InChI=1S/C23H19ClN2O5/c1-29-17-10-12-18(13-11-17)30-15-22(27)26-25-14-16-6-8-19(9-7-16)31-23(28)20-4-2-3-5-21(20)24/h2-14H,15H2,1H3,(H,26,27)/b25-14-. The number of ether oxygens (including phenoxy) is 3. The van der Waals surface area contributed by atoms with Crippen LogP contribution in [0.15, 0.2) is 77.9 Å². The summed E-state index contributed by atoms with van der Waals surface area (Å²) < 4.78 is 15.7. The second-order valence-corrected chi connectivity index (χ2v) is 6.60. The van der Waals surface area contributed by atoms with Crippen LogP contribution in [0.2, 0.25) is 5.02 Å². The van der Waals surface area contributed by atoms with Crippen molar-refractivity contribution in [3.05, 3.63) is 88.9 Å². The summed E-state index contributed by atoms with van der Waals surface area (Å²) in [5.41, 5.74) is 3.37. The topological polar surface area (TPSA) is 86.2 Å². The summed E-state index contributed by atoms with van der Waals surface area (Å²) in [6, 6.07) is 20.1. The van der Waals surface area contributed by atoms with Gasteiger partial charge in [0.15, 0.2) is 6.61 Å². The maximum absolute atomic E-state index is 12.2. The second kappa shape index (κ2) is 10.8. The molecule has 1 amide bonds. The van der Waals surface area contributed by atoms with E-state index in [0.29, 0.717) is 27.8 Å². The lowest BCUT2D eigenvalue weighted by Crippen LogP contribution is -2.24. The highest BCUT2D eigenvalue weighted by Crippen LogP contribution is 2.19. The van der Waals surface area contributed by atoms with E-state index in [0.717, 1.165) is 0 Å². The van der Waals surface area contributed by atoms with Crippen molar-refractivity contribution in [1.29, 1.82) is 0 Å². The van der Waals surface area contributed by atoms with Crippen LogP contribution in [0.1, 0.15) is 15.9 Å². The minimum atomic E-state index is -0.545. The van der Waals surface area contributed by atoms with Crippen LogP contribution in [0.3, 0.4) is 0 Å². The minimum Gasteiger partial charge on any atom is -0.497 e. The molecule has 3 aromatic carbocycles. The first-order chi connectivity index (χ1) is 15.0. The largest absolute Gasteiger partial charge is 0.497 e. The van der Waals surface area contributed by atoms with Gasteiger partial charge < -0.3 is 14.2 Å². The summed E-state index contributed by atoms with van der Waals surface area (Å²) in [6.45, 7) is -0.180. The lowest BCUT2D eigenvalue weighted by Gasteiger charge is -2.06. The van der Waals surface area contributed by atoms with Crippen molar-refractivity contribution in [1.82, 2.24) is 5.43 Å². The molecule has 3 aromatic rings. The van der Waals surface area contributed by atoms with Crippen molar-refractivity contribution >= 4 is 29.7 Å². The smallest absolute Gasteiger partial charge is 0.345 e. The highest BCUT2D eigenvalue weighted by Gasteiger charge is 2.12. The number of carbonyl (C=O) groups excluding carboxylic acids is 2. The van der Waals surface area contributed by atoms with Crippen LogP contribution < -0.4 is 19.6 Å². The molecule has 0 fully saturated rings. The summed E-state index contributed by atoms with van der Waals surface area (Å²) in [5.74, 6) is 0.653. The van der Waals surface area contributed by atoms with E-state index in [4.69, 9.17) is 25.8 Å². The fraction of sp³-hybridized carbons (Fsp3) is 0.0870. The number of amides is 1. The SMILES string of the molecule is COc1ccc(OCC(=O)N/N=C\c2ccc(OC(=O)c3ccccc3Cl)cc2)cc1. The number of nitrogens with zero attached hydrogens (tertiary/aromatic N) is 1. The number of rotatable bonds is 8. The Labute approximate surface area is 184 Å². The third-order valence-electron chi connectivity index (χ3n) is 4.02. The van der Waals surface area contributed by atoms with Gasteiger partial charge in [-0.05, 0) is 66.2 Å². The fourth-order valence-corrected chi connectivity index (χ4v) is 2.66. The van der Waals surface area contributed by atoms with E-state index < -0.39 is 11.9 Å². The Hall–Kier alpha value is -3.84. The molecule has 0 aromatic heterocycles. The van der Waals surface area contributed by atoms with E-state index in [2.05, 4.69) is 10.5 Å². The molecule has 158 valence electrons. The van der Waals surface area contributed by atoms with Gasteiger partial charge in [-0.25, -0.2) is 10.2 Å². The van der Waals surface area contributed by atoms with Crippen molar-refractivity contribution in [3.8, 4) is 17.2 Å². The molecule has 0 saturated heterocycles. The minimum absolute atomic E-state index is 0.180. The molecule has 0 heterocycles. The predicted molar refractivity (Wildman–Crippen MR) is 117 cm³/mol. The summed E-state index contributed by atoms with van der Waals surface area (Å²) >= 11 is 6.00. The third-order valence-corrected chi connectivity index (χ3v) is 4.35. The number of hydrogen-bond donors (Lipinski definition) is 1. The van der Waals surface area contributed by atoms with Crippen LogP contribution >= 0.6 is 11.6 Å². The van der Waals surface area contributed by atoms with E-state index in [1.165, 1.54) is 6.21 Å². The fourth-order valence-electron chi connectivity index (χ4n) is 2.44. The number of methoxy groups -OCH3 is 1. The van der Waals surface area contributed by atoms with Gasteiger partial charge in [-0.2, -0.15) is 5.10 Å².